The molecular formula is C17H28N2O. The highest BCUT2D eigenvalue weighted by atomic mass is 16.2. The highest BCUT2D eigenvalue weighted by Gasteiger charge is 2.23. The Morgan fingerprint density at radius 2 is 2.10 bits per heavy atom. The fourth-order valence-corrected chi connectivity index (χ4v) is 3.06. The molecule has 0 spiro atoms. The van der Waals surface area contributed by atoms with Gasteiger partial charge >= 0.3 is 0 Å². The smallest absolute Gasteiger partial charge is 0.0471 e. The van der Waals surface area contributed by atoms with Crippen LogP contribution in [-0.4, -0.2) is 42.3 Å². The van der Waals surface area contributed by atoms with E-state index in [2.05, 4.69) is 48.3 Å². The Labute approximate surface area is 123 Å². The minimum absolute atomic E-state index is 0.220. The Hall–Kier alpha value is -1.06. The number of nitrogens with one attached hydrogen (secondary N) is 1. The molecule has 1 saturated heterocycles. The Bertz CT molecular complexity index is 390. The van der Waals surface area contributed by atoms with Gasteiger partial charge in [0.15, 0.2) is 0 Å². The van der Waals surface area contributed by atoms with Gasteiger partial charge in [-0.25, -0.2) is 0 Å². The molecule has 2 unspecified atom stereocenters. The molecule has 3 heteroatoms. The molecule has 1 aliphatic heterocycles. The van der Waals surface area contributed by atoms with Crippen molar-refractivity contribution in [1.29, 1.82) is 0 Å². The van der Waals surface area contributed by atoms with Crippen LogP contribution in [0.25, 0.3) is 0 Å². The lowest BCUT2D eigenvalue weighted by Crippen LogP contribution is -2.41. The maximum absolute atomic E-state index is 8.93. The van der Waals surface area contributed by atoms with E-state index in [4.69, 9.17) is 5.11 Å². The lowest BCUT2D eigenvalue weighted by atomic mass is 9.91. The van der Waals surface area contributed by atoms with Crippen molar-refractivity contribution in [1.82, 2.24) is 4.90 Å². The van der Waals surface area contributed by atoms with Gasteiger partial charge in [0.2, 0.25) is 0 Å². The SMILES string of the molecule is CCN1CCCC(C(C)Nc2ccc(CCO)cc2)C1. The number of anilines is 1. The number of aliphatic hydroxyl groups excluding tert-OH is 1. The number of benzene rings is 1. The molecule has 1 heterocycles. The van der Waals surface area contributed by atoms with Crippen molar-refractivity contribution in [3.05, 3.63) is 29.8 Å². The molecule has 0 aliphatic carbocycles. The zero-order valence-corrected chi connectivity index (χ0v) is 12.8. The molecule has 2 rings (SSSR count). The van der Waals surface area contributed by atoms with E-state index in [0.29, 0.717) is 6.04 Å². The van der Waals surface area contributed by atoms with Crippen LogP contribution < -0.4 is 5.32 Å². The first-order valence-corrected chi connectivity index (χ1v) is 7.91. The highest BCUT2D eigenvalue weighted by Crippen LogP contribution is 2.22. The Morgan fingerprint density at radius 3 is 2.75 bits per heavy atom. The zero-order chi connectivity index (χ0) is 14.4. The van der Waals surface area contributed by atoms with E-state index in [-0.39, 0.29) is 6.61 Å². The number of hydrogen-bond acceptors (Lipinski definition) is 3. The van der Waals surface area contributed by atoms with Gasteiger partial charge in [0.1, 0.15) is 0 Å². The molecule has 0 bridgehead atoms. The number of piperidine rings is 1. The van der Waals surface area contributed by atoms with Gasteiger partial charge in [-0.15, -0.1) is 0 Å². The van der Waals surface area contributed by atoms with Crippen LogP contribution in [0, 0.1) is 5.92 Å². The molecule has 2 N–H and O–H groups in total. The number of nitrogens with zero attached hydrogens (tertiary/aromatic N) is 1. The first-order valence-electron chi connectivity index (χ1n) is 7.91. The quantitative estimate of drug-likeness (QED) is 0.838. The molecule has 1 aromatic rings. The average molecular weight is 276 g/mol. The molecule has 0 amide bonds. The van der Waals surface area contributed by atoms with Crippen molar-refractivity contribution < 1.29 is 5.11 Å². The fourth-order valence-electron chi connectivity index (χ4n) is 3.06. The predicted molar refractivity (Wildman–Crippen MR) is 85.2 cm³/mol. The summed E-state index contributed by atoms with van der Waals surface area (Å²) in [6, 6.07) is 8.96. The number of hydrogen-bond donors (Lipinski definition) is 2. The first kappa shape index (κ1) is 15.3. The van der Waals surface area contributed by atoms with Crippen LogP contribution in [0.15, 0.2) is 24.3 Å². The van der Waals surface area contributed by atoms with Crippen LogP contribution in [-0.2, 0) is 6.42 Å². The number of rotatable bonds is 6. The summed E-state index contributed by atoms with van der Waals surface area (Å²) in [6.07, 6.45) is 3.39. The van der Waals surface area contributed by atoms with Crippen LogP contribution in [0.2, 0.25) is 0 Å². The topological polar surface area (TPSA) is 35.5 Å². The van der Waals surface area contributed by atoms with Crippen LogP contribution in [0.1, 0.15) is 32.3 Å². The van der Waals surface area contributed by atoms with Crippen molar-refractivity contribution >= 4 is 5.69 Å². The second-order valence-electron chi connectivity index (χ2n) is 5.90. The van der Waals surface area contributed by atoms with Gasteiger partial charge in [-0.2, -0.15) is 0 Å². The maximum atomic E-state index is 8.93. The summed E-state index contributed by atoms with van der Waals surface area (Å²) in [6.45, 7) is 8.41. The number of aliphatic hydroxyl groups is 1. The molecule has 1 aromatic carbocycles. The number of likely N-dealkylation sites (tertiary alicyclic amines) is 1. The maximum Gasteiger partial charge on any atom is 0.0471 e. The molecule has 20 heavy (non-hydrogen) atoms. The van der Waals surface area contributed by atoms with Crippen molar-refractivity contribution in [3.8, 4) is 0 Å². The minimum atomic E-state index is 0.220. The van der Waals surface area contributed by atoms with Gasteiger partial charge in [0, 0.05) is 24.9 Å². The largest absolute Gasteiger partial charge is 0.396 e. The molecule has 0 radical (unpaired) electrons. The second-order valence-corrected chi connectivity index (χ2v) is 5.90. The van der Waals surface area contributed by atoms with Gasteiger partial charge < -0.3 is 15.3 Å². The van der Waals surface area contributed by atoms with Gasteiger partial charge in [0.05, 0.1) is 0 Å². The van der Waals surface area contributed by atoms with E-state index in [0.717, 1.165) is 12.3 Å². The van der Waals surface area contributed by atoms with Crippen molar-refractivity contribution in [2.45, 2.75) is 39.2 Å². The summed E-state index contributed by atoms with van der Waals surface area (Å²) < 4.78 is 0. The van der Waals surface area contributed by atoms with Gasteiger partial charge in [-0.1, -0.05) is 19.1 Å². The van der Waals surface area contributed by atoms with E-state index in [9.17, 15) is 0 Å². The summed E-state index contributed by atoms with van der Waals surface area (Å²) >= 11 is 0. The lowest BCUT2D eigenvalue weighted by molar-refractivity contribution is 0.172. The van der Waals surface area contributed by atoms with E-state index in [1.165, 1.54) is 43.7 Å². The minimum Gasteiger partial charge on any atom is -0.396 e. The molecule has 0 saturated carbocycles. The molecule has 1 aliphatic rings. The van der Waals surface area contributed by atoms with Crippen molar-refractivity contribution in [2.24, 2.45) is 5.92 Å². The molecular weight excluding hydrogens is 248 g/mol. The Morgan fingerprint density at radius 1 is 1.35 bits per heavy atom. The van der Waals surface area contributed by atoms with E-state index >= 15 is 0 Å². The third kappa shape index (κ3) is 4.22. The third-order valence-electron chi connectivity index (χ3n) is 4.45. The Balaban J connectivity index is 1.88. The van der Waals surface area contributed by atoms with E-state index < -0.39 is 0 Å². The third-order valence-corrected chi connectivity index (χ3v) is 4.45. The van der Waals surface area contributed by atoms with Crippen molar-refractivity contribution in [3.63, 3.8) is 0 Å². The summed E-state index contributed by atoms with van der Waals surface area (Å²) in [5.41, 5.74) is 2.38. The lowest BCUT2D eigenvalue weighted by Gasteiger charge is -2.35. The molecule has 3 nitrogen and oxygen atoms in total. The second kappa shape index (κ2) is 7.65. The van der Waals surface area contributed by atoms with Crippen LogP contribution >= 0.6 is 0 Å². The van der Waals surface area contributed by atoms with Crippen molar-refractivity contribution in [2.75, 3.05) is 31.6 Å². The standard InChI is InChI=1S/C17H28N2O/c1-3-19-11-4-5-16(13-19)14(2)18-17-8-6-15(7-9-17)10-12-20/h6-9,14,16,18,20H,3-5,10-13H2,1-2H3. The summed E-state index contributed by atoms with van der Waals surface area (Å²) in [5, 5.41) is 12.6. The van der Waals surface area contributed by atoms with E-state index in [1.54, 1.807) is 0 Å². The van der Waals surface area contributed by atoms with Gasteiger partial charge in [-0.3, -0.25) is 0 Å². The van der Waals surface area contributed by atoms with Gasteiger partial charge in [-0.05, 0) is 62.9 Å². The van der Waals surface area contributed by atoms with Crippen LogP contribution in [0.3, 0.4) is 0 Å². The molecule has 112 valence electrons. The monoisotopic (exact) mass is 276 g/mol. The van der Waals surface area contributed by atoms with Crippen LogP contribution in [0.5, 0.6) is 0 Å². The fraction of sp³-hybridized carbons (Fsp3) is 0.647. The highest BCUT2D eigenvalue weighted by molar-refractivity contribution is 5.45. The summed E-state index contributed by atoms with van der Waals surface area (Å²) in [5.74, 6) is 0.737. The first-order chi connectivity index (χ1) is 9.72. The molecule has 1 fully saturated rings. The normalized spacial score (nSPS) is 21.6. The van der Waals surface area contributed by atoms with Crippen LogP contribution in [0.4, 0.5) is 5.69 Å². The van der Waals surface area contributed by atoms with Gasteiger partial charge in [0.25, 0.3) is 0 Å². The molecule has 0 aromatic heterocycles. The van der Waals surface area contributed by atoms with E-state index in [1.807, 2.05) is 0 Å². The zero-order valence-electron chi connectivity index (χ0n) is 12.8. The summed E-state index contributed by atoms with van der Waals surface area (Å²) in [4.78, 5) is 2.55. The Kier molecular flexibility index (Phi) is 5.86. The molecule has 2 atom stereocenters. The summed E-state index contributed by atoms with van der Waals surface area (Å²) in [7, 11) is 0. The predicted octanol–water partition coefficient (Wildman–Crippen LogP) is 2.75. The average Bonchev–Trinajstić information content (AvgIpc) is 2.49.